The molecule has 0 bridgehead atoms. The summed E-state index contributed by atoms with van der Waals surface area (Å²) in [5.41, 5.74) is 4.61. The molecule has 0 amide bonds. The van der Waals surface area contributed by atoms with Crippen LogP contribution in [0, 0.1) is 6.92 Å². The quantitative estimate of drug-likeness (QED) is 0.879. The summed E-state index contributed by atoms with van der Waals surface area (Å²) in [6, 6.07) is 7.63. The van der Waals surface area contributed by atoms with Gasteiger partial charge in [0.05, 0.1) is 0 Å². The Morgan fingerprint density at radius 1 is 1.32 bits per heavy atom. The van der Waals surface area contributed by atoms with Gasteiger partial charge in [0, 0.05) is 25.7 Å². The standard InChI is InChI=1S/C17H28N2/c1-13-10-15(17(2,3)4)7-6-14(13)11-16-12-18-8-9-19(16)5/h6-7,10,16,18H,8-9,11-12H2,1-5H3. The van der Waals surface area contributed by atoms with Crippen molar-refractivity contribution in [2.24, 2.45) is 0 Å². The summed E-state index contributed by atoms with van der Waals surface area (Å²) in [5.74, 6) is 0. The molecule has 0 spiro atoms. The summed E-state index contributed by atoms with van der Waals surface area (Å²) in [7, 11) is 2.24. The third-order valence-electron chi connectivity index (χ3n) is 4.31. The molecule has 1 fully saturated rings. The lowest BCUT2D eigenvalue weighted by molar-refractivity contribution is 0.199. The summed E-state index contributed by atoms with van der Waals surface area (Å²) < 4.78 is 0. The molecule has 0 radical (unpaired) electrons. The summed E-state index contributed by atoms with van der Waals surface area (Å²) >= 11 is 0. The van der Waals surface area contributed by atoms with Crippen LogP contribution in [0.15, 0.2) is 18.2 Å². The van der Waals surface area contributed by atoms with Crippen LogP contribution in [0.1, 0.15) is 37.5 Å². The molecule has 1 atom stereocenters. The number of likely N-dealkylation sites (N-methyl/N-ethyl adjacent to an activating group) is 1. The molecule has 106 valence electrons. The fraction of sp³-hybridized carbons (Fsp3) is 0.647. The van der Waals surface area contributed by atoms with Gasteiger partial charge in [-0.15, -0.1) is 0 Å². The van der Waals surface area contributed by atoms with Gasteiger partial charge in [0.1, 0.15) is 0 Å². The van der Waals surface area contributed by atoms with Crippen molar-refractivity contribution in [3.8, 4) is 0 Å². The second-order valence-electron chi connectivity index (χ2n) is 6.93. The van der Waals surface area contributed by atoms with E-state index in [1.165, 1.54) is 16.7 Å². The normalized spacial score (nSPS) is 21.6. The highest BCUT2D eigenvalue weighted by Crippen LogP contribution is 2.25. The second-order valence-corrected chi connectivity index (χ2v) is 6.93. The first kappa shape index (κ1) is 14.5. The van der Waals surface area contributed by atoms with E-state index < -0.39 is 0 Å². The summed E-state index contributed by atoms with van der Waals surface area (Å²) in [6.07, 6.45) is 1.15. The SMILES string of the molecule is Cc1cc(C(C)(C)C)ccc1CC1CNCCN1C. The Morgan fingerprint density at radius 3 is 2.63 bits per heavy atom. The van der Waals surface area contributed by atoms with E-state index in [0.717, 1.165) is 26.1 Å². The van der Waals surface area contributed by atoms with E-state index in [4.69, 9.17) is 0 Å². The molecule has 1 aliphatic heterocycles. The van der Waals surface area contributed by atoms with Crippen LogP contribution in [0.4, 0.5) is 0 Å². The highest BCUT2D eigenvalue weighted by atomic mass is 15.2. The molecule has 2 rings (SSSR count). The number of hydrogen-bond acceptors (Lipinski definition) is 2. The largest absolute Gasteiger partial charge is 0.314 e. The average molecular weight is 260 g/mol. The van der Waals surface area contributed by atoms with Gasteiger partial charge in [0.2, 0.25) is 0 Å². The minimum absolute atomic E-state index is 0.243. The Kier molecular flexibility index (Phi) is 4.32. The van der Waals surface area contributed by atoms with Crippen LogP contribution >= 0.6 is 0 Å². The van der Waals surface area contributed by atoms with Crippen molar-refractivity contribution < 1.29 is 0 Å². The smallest absolute Gasteiger partial charge is 0.0258 e. The maximum atomic E-state index is 3.50. The molecule has 1 N–H and O–H groups in total. The van der Waals surface area contributed by atoms with Crippen LogP contribution in [0.3, 0.4) is 0 Å². The van der Waals surface area contributed by atoms with Crippen LogP contribution in [0.5, 0.6) is 0 Å². The maximum absolute atomic E-state index is 3.50. The number of nitrogens with one attached hydrogen (secondary N) is 1. The maximum Gasteiger partial charge on any atom is 0.0258 e. The van der Waals surface area contributed by atoms with Gasteiger partial charge in [0.25, 0.3) is 0 Å². The third-order valence-corrected chi connectivity index (χ3v) is 4.31. The number of nitrogens with zero attached hydrogens (tertiary/aromatic N) is 1. The molecule has 1 heterocycles. The Balaban J connectivity index is 2.13. The molecule has 0 saturated carbocycles. The van der Waals surface area contributed by atoms with Gasteiger partial charge < -0.3 is 10.2 Å². The zero-order chi connectivity index (χ0) is 14.0. The van der Waals surface area contributed by atoms with Crippen molar-refractivity contribution in [1.29, 1.82) is 0 Å². The lowest BCUT2D eigenvalue weighted by atomic mass is 9.84. The van der Waals surface area contributed by atoms with E-state index in [0.29, 0.717) is 6.04 Å². The monoisotopic (exact) mass is 260 g/mol. The average Bonchev–Trinajstić information content (AvgIpc) is 2.33. The highest BCUT2D eigenvalue weighted by molar-refractivity contribution is 5.35. The van der Waals surface area contributed by atoms with Crippen molar-refractivity contribution in [3.05, 3.63) is 34.9 Å². The highest BCUT2D eigenvalue weighted by Gasteiger charge is 2.20. The van der Waals surface area contributed by atoms with Gasteiger partial charge in [-0.25, -0.2) is 0 Å². The predicted molar refractivity (Wildman–Crippen MR) is 82.9 cm³/mol. The molecular weight excluding hydrogens is 232 g/mol. The van der Waals surface area contributed by atoms with Gasteiger partial charge in [-0.2, -0.15) is 0 Å². The van der Waals surface area contributed by atoms with E-state index >= 15 is 0 Å². The van der Waals surface area contributed by atoms with E-state index in [1.807, 2.05) is 0 Å². The topological polar surface area (TPSA) is 15.3 Å². The summed E-state index contributed by atoms with van der Waals surface area (Å²) in [4.78, 5) is 2.48. The Morgan fingerprint density at radius 2 is 2.05 bits per heavy atom. The number of rotatable bonds is 2. The van der Waals surface area contributed by atoms with Crippen molar-refractivity contribution in [1.82, 2.24) is 10.2 Å². The molecule has 1 aromatic carbocycles. The van der Waals surface area contributed by atoms with E-state index in [2.05, 4.69) is 63.2 Å². The van der Waals surface area contributed by atoms with Crippen LogP contribution in [-0.4, -0.2) is 37.6 Å². The first-order valence-corrected chi connectivity index (χ1v) is 7.39. The molecule has 0 aromatic heterocycles. The number of aryl methyl sites for hydroxylation is 1. The van der Waals surface area contributed by atoms with Crippen LogP contribution in [0.25, 0.3) is 0 Å². The van der Waals surface area contributed by atoms with Crippen LogP contribution in [-0.2, 0) is 11.8 Å². The lowest BCUT2D eigenvalue weighted by Gasteiger charge is -2.33. The number of piperazine rings is 1. The van der Waals surface area contributed by atoms with Crippen LogP contribution in [0.2, 0.25) is 0 Å². The van der Waals surface area contributed by atoms with Gasteiger partial charge >= 0.3 is 0 Å². The summed E-state index contributed by atoms with van der Waals surface area (Å²) in [5, 5.41) is 3.50. The molecule has 2 heteroatoms. The van der Waals surface area contributed by atoms with Gasteiger partial charge in [-0.1, -0.05) is 39.0 Å². The van der Waals surface area contributed by atoms with Crippen molar-refractivity contribution in [2.45, 2.75) is 45.6 Å². The molecule has 1 aliphatic rings. The Labute approximate surface area is 118 Å². The zero-order valence-electron chi connectivity index (χ0n) is 13.1. The van der Waals surface area contributed by atoms with Crippen molar-refractivity contribution in [3.63, 3.8) is 0 Å². The van der Waals surface area contributed by atoms with Gasteiger partial charge in [0.15, 0.2) is 0 Å². The van der Waals surface area contributed by atoms with Gasteiger partial charge in [-0.05, 0) is 42.5 Å². The van der Waals surface area contributed by atoms with Gasteiger partial charge in [-0.3, -0.25) is 0 Å². The first-order chi connectivity index (χ1) is 8.88. The fourth-order valence-electron chi connectivity index (χ4n) is 2.74. The van der Waals surface area contributed by atoms with E-state index in [-0.39, 0.29) is 5.41 Å². The second kappa shape index (κ2) is 5.64. The molecule has 1 saturated heterocycles. The zero-order valence-corrected chi connectivity index (χ0v) is 13.1. The number of benzene rings is 1. The first-order valence-electron chi connectivity index (χ1n) is 7.39. The van der Waals surface area contributed by atoms with E-state index in [9.17, 15) is 0 Å². The fourth-order valence-corrected chi connectivity index (χ4v) is 2.74. The van der Waals surface area contributed by atoms with Crippen LogP contribution < -0.4 is 5.32 Å². The molecular formula is C17H28N2. The molecule has 1 unspecified atom stereocenters. The third kappa shape index (κ3) is 3.58. The van der Waals surface area contributed by atoms with E-state index in [1.54, 1.807) is 0 Å². The molecule has 19 heavy (non-hydrogen) atoms. The van der Waals surface area contributed by atoms with Crippen molar-refractivity contribution in [2.75, 3.05) is 26.7 Å². The molecule has 1 aromatic rings. The number of hydrogen-bond donors (Lipinski definition) is 1. The predicted octanol–water partition coefficient (Wildman–Crippen LogP) is 2.74. The molecule has 2 nitrogen and oxygen atoms in total. The molecule has 0 aliphatic carbocycles. The summed E-state index contributed by atoms with van der Waals surface area (Å²) in [6.45, 7) is 12.5. The minimum atomic E-state index is 0.243. The minimum Gasteiger partial charge on any atom is -0.314 e. The van der Waals surface area contributed by atoms with Crippen molar-refractivity contribution >= 4 is 0 Å². The lowest BCUT2D eigenvalue weighted by Crippen LogP contribution is -2.50. The Bertz CT molecular complexity index is 431. The Hall–Kier alpha value is -0.860.